The van der Waals surface area contributed by atoms with Gasteiger partial charge in [0, 0.05) is 51.4 Å². The van der Waals surface area contributed by atoms with Crippen molar-refractivity contribution in [3.8, 4) is 0 Å². The molecular formula is C20H29IN6O2. The summed E-state index contributed by atoms with van der Waals surface area (Å²) in [6, 6.07) is 7.80. The Kier molecular flexibility index (Phi) is 9.23. The van der Waals surface area contributed by atoms with E-state index in [0.29, 0.717) is 13.1 Å². The van der Waals surface area contributed by atoms with Crippen LogP contribution in [0.2, 0.25) is 0 Å². The van der Waals surface area contributed by atoms with Crippen molar-refractivity contribution in [2.75, 3.05) is 31.6 Å². The maximum Gasteiger partial charge on any atom is 0.222 e. The van der Waals surface area contributed by atoms with Gasteiger partial charge in [-0.3, -0.25) is 9.79 Å². The van der Waals surface area contributed by atoms with E-state index in [2.05, 4.69) is 25.5 Å². The van der Waals surface area contributed by atoms with Gasteiger partial charge < -0.3 is 25.7 Å². The number of nitrogens with two attached hydrogens (primary N) is 1. The number of primary amides is 1. The third-order valence-corrected chi connectivity index (χ3v) is 4.90. The number of aliphatic imine (C=N–C) groups is 1. The Labute approximate surface area is 188 Å². The molecule has 1 amide bonds. The van der Waals surface area contributed by atoms with Crippen molar-refractivity contribution < 1.29 is 9.21 Å². The number of aromatic nitrogens is 1. The number of hydrogen-bond acceptors (Lipinski definition) is 5. The van der Waals surface area contributed by atoms with Crippen LogP contribution >= 0.6 is 24.0 Å². The maximum absolute atomic E-state index is 11.6. The predicted octanol–water partition coefficient (Wildman–Crippen LogP) is 1.90. The van der Waals surface area contributed by atoms with E-state index in [4.69, 9.17) is 10.2 Å². The number of pyridine rings is 1. The molecule has 0 radical (unpaired) electrons. The Hall–Kier alpha value is -2.30. The molecule has 2 aromatic heterocycles. The molecule has 1 saturated heterocycles. The van der Waals surface area contributed by atoms with Crippen molar-refractivity contribution in [3.63, 3.8) is 0 Å². The largest absolute Gasteiger partial charge is 0.469 e. The van der Waals surface area contributed by atoms with Gasteiger partial charge in [0.05, 0.1) is 12.2 Å². The summed E-state index contributed by atoms with van der Waals surface area (Å²) in [7, 11) is 1.74. The summed E-state index contributed by atoms with van der Waals surface area (Å²) in [4.78, 5) is 22.6. The molecule has 8 nitrogen and oxygen atoms in total. The highest BCUT2D eigenvalue weighted by Gasteiger charge is 2.25. The average Bonchev–Trinajstić information content (AvgIpc) is 3.24. The second-order valence-electron chi connectivity index (χ2n) is 6.86. The molecule has 0 aromatic carbocycles. The molecule has 1 aliphatic rings. The highest BCUT2D eigenvalue weighted by atomic mass is 127. The first kappa shape index (κ1) is 23.0. The number of hydrogen-bond donors (Lipinski definition) is 3. The summed E-state index contributed by atoms with van der Waals surface area (Å²) >= 11 is 0. The Morgan fingerprint density at radius 3 is 2.97 bits per heavy atom. The number of nitrogens with one attached hydrogen (secondary N) is 2. The van der Waals surface area contributed by atoms with Gasteiger partial charge in [-0.2, -0.15) is 0 Å². The number of nitrogens with zero attached hydrogens (tertiary/aromatic N) is 3. The van der Waals surface area contributed by atoms with Crippen LogP contribution in [-0.2, 0) is 17.8 Å². The summed E-state index contributed by atoms with van der Waals surface area (Å²) in [5, 5.41) is 6.61. The van der Waals surface area contributed by atoms with Crippen LogP contribution in [0, 0.1) is 5.92 Å². The van der Waals surface area contributed by atoms with Crippen LogP contribution in [0.15, 0.2) is 46.1 Å². The van der Waals surface area contributed by atoms with Gasteiger partial charge in [0.25, 0.3) is 0 Å². The van der Waals surface area contributed by atoms with Gasteiger partial charge in [0.2, 0.25) is 5.91 Å². The Bertz CT molecular complexity index is 796. The molecule has 4 N–H and O–H groups in total. The summed E-state index contributed by atoms with van der Waals surface area (Å²) in [5.74, 6) is 2.20. The first-order valence-corrected chi connectivity index (χ1v) is 9.62. The molecule has 1 unspecified atom stereocenters. The van der Waals surface area contributed by atoms with E-state index in [1.54, 1.807) is 19.5 Å². The number of furan rings is 1. The average molecular weight is 512 g/mol. The molecule has 29 heavy (non-hydrogen) atoms. The van der Waals surface area contributed by atoms with E-state index in [1.807, 2.05) is 24.3 Å². The van der Waals surface area contributed by atoms with Gasteiger partial charge in [-0.05, 0) is 31.0 Å². The zero-order chi connectivity index (χ0) is 19.8. The van der Waals surface area contributed by atoms with Crippen molar-refractivity contribution in [2.45, 2.75) is 25.8 Å². The summed E-state index contributed by atoms with van der Waals surface area (Å²) in [5.41, 5.74) is 6.57. The molecule has 1 aliphatic heterocycles. The number of guanidine groups is 1. The molecule has 0 bridgehead atoms. The summed E-state index contributed by atoms with van der Waals surface area (Å²) in [6.07, 6.45) is 6.03. The number of carbonyl (C=O) groups excluding carboxylic acids is 1. The third-order valence-electron chi connectivity index (χ3n) is 4.90. The molecule has 0 aliphatic carbocycles. The van der Waals surface area contributed by atoms with Gasteiger partial charge in [0.1, 0.15) is 11.6 Å². The lowest BCUT2D eigenvalue weighted by atomic mass is 9.97. The lowest BCUT2D eigenvalue weighted by molar-refractivity contribution is -0.122. The van der Waals surface area contributed by atoms with Crippen LogP contribution in [0.3, 0.4) is 0 Å². The van der Waals surface area contributed by atoms with E-state index in [1.165, 1.54) is 0 Å². The van der Waals surface area contributed by atoms with Crippen LogP contribution in [0.25, 0.3) is 0 Å². The molecule has 0 spiro atoms. The van der Waals surface area contributed by atoms with Crippen molar-refractivity contribution >= 4 is 41.7 Å². The maximum atomic E-state index is 11.6. The fourth-order valence-electron chi connectivity index (χ4n) is 3.41. The summed E-state index contributed by atoms with van der Waals surface area (Å²) in [6.45, 7) is 2.81. The minimum Gasteiger partial charge on any atom is -0.469 e. The molecule has 3 rings (SSSR count). The number of rotatable bonds is 7. The Morgan fingerprint density at radius 1 is 1.38 bits per heavy atom. The fourth-order valence-corrected chi connectivity index (χ4v) is 3.41. The first-order chi connectivity index (χ1) is 13.7. The van der Waals surface area contributed by atoms with Crippen molar-refractivity contribution in [3.05, 3.63) is 48.0 Å². The fraction of sp³-hybridized carbons (Fsp3) is 0.450. The highest BCUT2D eigenvalue weighted by Crippen LogP contribution is 2.24. The number of amides is 1. The van der Waals surface area contributed by atoms with E-state index in [9.17, 15) is 4.79 Å². The van der Waals surface area contributed by atoms with Crippen LogP contribution in [0.4, 0.5) is 5.82 Å². The first-order valence-electron chi connectivity index (χ1n) is 9.62. The molecule has 9 heteroatoms. The third kappa shape index (κ3) is 6.62. The van der Waals surface area contributed by atoms with Crippen molar-refractivity contribution in [1.29, 1.82) is 0 Å². The van der Waals surface area contributed by atoms with Gasteiger partial charge in [0.15, 0.2) is 5.96 Å². The number of carbonyl (C=O) groups is 1. The second-order valence-corrected chi connectivity index (χ2v) is 6.86. The zero-order valence-corrected chi connectivity index (χ0v) is 19.0. The van der Waals surface area contributed by atoms with Crippen LogP contribution < -0.4 is 21.3 Å². The number of piperidine rings is 1. The molecule has 3 heterocycles. The Morgan fingerprint density at radius 2 is 2.24 bits per heavy atom. The summed E-state index contributed by atoms with van der Waals surface area (Å²) < 4.78 is 5.34. The predicted molar refractivity (Wildman–Crippen MR) is 124 cm³/mol. The van der Waals surface area contributed by atoms with Gasteiger partial charge in [-0.15, -0.1) is 24.0 Å². The van der Waals surface area contributed by atoms with Crippen LogP contribution in [0.5, 0.6) is 0 Å². The van der Waals surface area contributed by atoms with Gasteiger partial charge >= 0.3 is 0 Å². The standard InChI is InChI=1S/C20H28N6O2.HI/c1-22-20(24-10-8-17-7-4-12-28-17)25-13-15-5-2-9-23-19(15)26-11-3-6-16(14-26)18(21)27;/h2,4-5,7,9,12,16H,3,6,8,10-11,13-14H2,1H3,(H2,21,27)(H2,22,24,25);1H. The lowest BCUT2D eigenvalue weighted by Gasteiger charge is -2.33. The molecular weight excluding hydrogens is 483 g/mol. The lowest BCUT2D eigenvalue weighted by Crippen LogP contribution is -2.42. The SMILES string of the molecule is CN=C(NCCc1ccco1)NCc1cccnc1N1CCCC(C(N)=O)C1.I. The monoisotopic (exact) mass is 512 g/mol. The number of anilines is 1. The van der Waals surface area contributed by atoms with Gasteiger partial charge in [-0.25, -0.2) is 4.98 Å². The molecule has 2 aromatic rings. The van der Waals surface area contributed by atoms with E-state index in [0.717, 1.165) is 55.5 Å². The quantitative estimate of drug-likeness (QED) is 0.297. The van der Waals surface area contributed by atoms with Crippen LogP contribution in [0.1, 0.15) is 24.2 Å². The number of halogens is 1. The smallest absolute Gasteiger partial charge is 0.222 e. The molecule has 1 atom stereocenters. The normalized spacial score (nSPS) is 16.8. The molecule has 0 saturated carbocycles. The minimum absolute atomic E-state index is 0. The van der Waals surface area contributed by atoms with Crippen molar-refractivity contribution in [1.82, 2.24) is 15.6 Å². The zero-order valence-electron chi connectivity index (χ0n) is 16.6. The van der Waals surface area contributed by atoms with Crippen LogP contribution in [-0.4, -0.2) is 43.5 Å². The van der Waals surface area contributed by atoms with Gasteiger partial charge in [-0.1, -0.05) is 6.07 Å². The minimum atomic E-state index is -0.235. The van der Waals surface area contributed by atoms with E-state index >= 15 is 0 Å². The van der Waals surface area contributed by atoms with Crippen molar-refractivity contribution in [2.24, 2.45) is 16.6 Å². The van der Waals surface area contributed by atoms with E-state index < -0.39 is 0 Å². The molecule has 1 fully saturated rings. The highest BCUT2D eigenvalue weighted by molar-refractivity contribution is 14.0. The Balaban J connectivity index is 0.00000300. The van der Waals surface area contributed by atoms with E-state index in [-0.39, 0.29) is 35.8 Å². The topological polar surface area (TPSA) is 109 Å². The second kappa shape index (κ2) is 11.6. The molecule has 158 valence electrons.